The fourth-order valence-corrected chi connectivity index (χ4v) is 2.13. The van der Waals surface area contributed by atoms with Crippen molar-refractivity contribution in [1.29, 1.82) is 0 Å². The van der Waals surface area contributed by atoms with Crippen molar-refractivity contribution in [2.24, 2.45) is 0 Å². The number of pyridine rings is 1. The lowest BCUT2D eigenvalue weighted by Gasteiger charge is -2.42. The predicted molar refractivity (Wildman–Crippen MR) is 59.7 cm³/mol. The third-order valence-corrected chi connectivity index (χ3v) is 3.33. The Balaban J connectivity index is 2.09. The molecule has 1 saturated carbocycles. The van der Waals surface area contributed by atoms with Gasteiger partial charge in [0, 0.05) is 17.4 Å². The molecule has 2 rings (SSSR count). The Kier molecular flexibility index (Phi) is 2.64. The van der Waals surface area contributed by atoms with E-state index in [1.165, 1.54) is 25.7 Å². The zero-order chi connectivity index (χ0) is 10.0. The first-order chi connectivity index (χ1) is 6.74. The average molecular weight is 211 g/mol. The van der Waals surface area contributed by atoms with Gasteiger partial charge in [-0.3, -0.25) is 0 Å². The van der Waals surface area contributed by atoms with E-state index in [2.05, 4.69) is 17.2 Å². The van der Waals surface area contributed by atoms with Crippen LogP contribution in [0.4, 0.5) is 5.69 Å². The molecule has 3 heteroatoms. The molecule has 14 heavy (non-hydrogen) atoms. The summed E-state index contributed by atoms with van der Waals surface area (Å²) < 4.78 is 0. The largest absolute Gasteiger partial charge is 0.379 e. The Bertz CT molecular complexity index is 315. The van der Waals surface area contributed by atoms with Crippen LogP contribution in [0.2, 0.25) is 5.15 Å². The normalized spacial score (nSPS) is 18.7. The molecule has 1 aliphatic rings. The van der Waals surface area contributed by atoms with E-state index in [4.69, 9.17) is 11.6 Å². The third kappa shape index (κ3) is 1.85. The summed E-state index contributed by atoms with van der Waals surface area (Å²) in [5.74, 6) is 0. The molecule has 0 amide bonds. The molecule has 1 aliphatic carbocycles. The van der Waals surface area contributed by atoms with E-state index in [9.17, 15) is 0 Å². The van der Waals surface area contributed by atoms with Crippen molar-refractivity contribution in [3.8, 4) is 0 Å². The van der Waals surface area contributed by atoms with E-state index in [0.29, 0.717) is 10.7 Å². The Labute approximate surface area is 89.7 Å². The number of rotatable bonds is 3. The highest BCUT2D eigenvalue weighted by atomic mass is 35.5. The molecule has 0 aromatic carbocycles. The average Bonchev–Trinajstić information content (AvgIpc) is 2.11. The van der Waals surface area contributed by atoms with Crippen molar-refractivity contribution in [3.05, 3.63) is 23.5 Å². The van der Waals surface area contributed by atoms with E-state index in [0.717, 1.165) is 5.69 Å². The maximum absolute atomic E-state index is 5.83. The number of nitrogens with zero attached hydrogens (tertiary/aromatic N) is 1. The van der Waals surface area contributed by atoms with Crippen molar-refractivity contribution in [3.63, 3.8) is 0 Å². The summed E-state index contributed by atoms with van der Waals surface area (Å²) in [6.07, 6.45) is 6.78. The number of hydrogen-bond acceptors (Lipinski definition) is 2. The van der Waals surface area contributed by atoms with Crippen molar-refractivity contribution >= 4 is 17.3 Å². The minimum Gasteiger partial charge on any atom is -0.379 e. The second-order valence-corrected chi connectivity index (χ2v) is 4.37. The van der Waals surface area contributed by atoms with Crippen LogP contribution in [0.15, 0.2) is 18.3 Å². The molecule has 0 radical (unpaired) electrons. The summed E-state index contributed by atoms with van der Waals surface area (Å²) in [4.78, 5) is 3.96. The summed E-state index contributed by atoms with van der Waals surface area (Å²) in [6, 6.07) is 3.86. The van der Waals surface area contributed by atoms with Crippen LogP contribution in [0, 0.1) is 0 Å². The van der Waals surface area contributed by atoms with Crippen LogP contribution in [-0.4, -0.2) is 10.5 Å². The molecule has 0 spiro atoms. The Morgan fingerprint density at radius 1 is 1.57 bits per heavy atom. The van der Waals surface area contributed by atoms with Crippen LogP contribution in [0.5, 0.6) is 0 Å². The summed E-state index contributed by atoms with van der Waals surface area (Å²) in [6.45, 7) is 2.23. The van der Waals surface area contributed by atoms with Crippen LogP contribution in [0.25, 0.3) is 0 Å². The van der Waals surface area contributed by atoms with E-state index in [1.54, 1.807) is 6.20 Å². The SMILES string of the molecule is CCC1(Nc2ccnc(Cl)c2)CCC1. The molecule has 0 aliphatic heterocycles. The third-order valence-electron chi connectivity index (χ3n) is 3.12. The monoisotopic (exact) mass is 210 g/mol. The second kappa shape index (κ2) is 3.77. The number of anilines is 1. The van der Waals surface area contributed by atoms with Gasteiger partial charge >= 0.3 is 0 Å². The summed E-state index contributed by atoms with van der Waals surface area (Å²) in [5.41, 5.74) is 1.41. The van der Waals surface area contributed by atoms with Crippen LogP contribution in [0.1, 0.15) is 32.6 Å². The van der Waals surface area contributed by atoms with Crippen LogP contribution in [-0.2, 0) is 0 Å². The number of nitrogens with one attached hydrogen (secondary N) is 1. The molecule has 0 atom stereocenters. The highest BCUT2D eigenvalue weighted by Crippen LogP contribution is 2.37. The lowest BCUT2D eigenvalue weighted by atomic mass is 9.75. The molecule has 0 unspecified atom stereocenters. The van der Waals surface area contributed by atoms with Gasteiger partial charge in [-0.05, 0) is 37.8 Å². The smallest absolute Gasteiger partial charge is 0.131 e. The first-order valence-corrected chi connectivity index (χ1v) is 5.52. The fourth-order valence-electron chi connectivity index (χ4n) is 1.96. The lowest BCUT2D eigenvalue weighted by molar-refractivity contribution is 0.269. The zero-order valence-electron chi connectivity index (χ0n) is 8.39. The van der Waals surface area contributed by atoms with Gasteiger partial charge in [-0.1, -0.05) is 18.5 Å². The van der Waals surface area contributed by atoms with Crippen molar-refractivity contribution in [2.45, 2.75) is 38.1 Å². The lowest BCUT2D eigenvalue weighted by Crippen LogP contribution is -2.44. The van der Waals surface area contributed by atoms with Gasteiger partial charge in [0.25, 0.3) is 0 Å². The predicted octanol–water partition coefficient (Wildman–Crippen LogP) is 3.48. The molecule has 2 nitrogen and oxygen atoms in total. The van der Waals surface area contributed by atoms with Crippen LogP contribution < -0.4 is 5.32 Å². The molecule has 1 aromatic heterocycles. The van der Waals surface area contributed by atoms with Gasteiger partial charge < -0.3 is 5.32 Å². The minimum absolute atomic E-state index is 0.324. The standard InChI is InChI=1S/C11H15ClN2/c1-2-11(5-3-6-11)14-9-4-7-13-10(12)8-9/h4,7-8H,2-3,5-6H2,1H3,(H,13,14). The number of hydrogen-bond donors (Lipinski definition) is 1. The quantitative estimate of drug-likeness (QED) is 0.773. The fraction of sp³-hybridized carbons (Fsp3) is 0.545. The summed E-state index contributed by atoms with van der Waals surface area (Å²) >= 11 is 5.83. The Morgan fingerprint density at radius 2 is 2.36 bits per heavy atom. The highest BCUT2D eigenvalue weighted by molar-refractivity contribution is 6.29. The molecular weight excluding hydrogens is 196 g/mol. The molecule has 1 N–H and O–H groups in total. The summed E-state index contributed by atoms with van der Waals surface area (Å²) in [5, 5.41) is 4.11. The highest BCUT2D eigenvalue weighted by Gasteiger charge is 2.34. The van der Waals surface area contributed by atoms with E-state index < -0.39 is 0 Å². The summed E-state index contributed by atoms with van der Waals surface area (Å²) in [7, 11) is 0. The second-order valence-electron chi connectivity index (χ2n) is 3.98. The molecule has 1 heterocycles. The molecule has 1 fully saturated rings. The minimum atomic E-state index is 0.324. The van der Waals surface area contributed by atoms with Crippen molar-refractivity contribution in [1.82, 2.24) is 4.98 Å². The van der Waals surface area contributed by atoms with Crippen molar-refractivity contribution in [2.75, 3.05) is 5.32 Å². The first-order valence-electron chi connectivity index (χ1n) is 5.14. The van der Waals surface area contributed by atoms with E-state index >= 15 is 0 Å². The molecule has 1 aromatic rings. The zero-order valence-corrected chi connectivity index (χ0v) is 9.14. The number of halogens is 1. The van der Waals surface area contributed by atoms with Crippen molar-refractivity contribution < 1.29 is 0 Å². The van der Waals surface area contributed by atoms with Gasteiger partial charge in [-0.25, -0.2) is 4.98 Å². The number of aromatic nitrogens is 1. The van der Waals surface area contributed by atoms with Crippen LogP contribution >= 0.6 is 11.6 Å². The van der Waals surface area contributed by atoms with Gasteiger partial charge in [-0.15, -0.1) is 0 Å². The van der Waals surface area contributed by atoms with Crippen LogP contribution in [0.3, 0.4) is 0 Å². The van der Waals surface area contributed by atoms with Gasteiger partial charge in [0.2, 0.25) is 0 Å². The maximum atomic E-state index is 5.83. The van der Waals surface area contributed by atoms with E-state index in [1.807, 2.05) is 12.1 Å². The molecule has 0 bridgehead atoms. The van der Waals surface area contributed by atoms with Gasteiger partial charge in [0.05, 0.1) is 0 Å². The molecule has 76 valence electrons. The topological polar surface area (TPSA) is 24.9 Å². The van der Waals surface area contributed by atoms with E-state index in [-0.39, 0.29) is 0 Å². The van der Waals surface area contributed by atoms with Gasteiger partial charge in [0.1, 0.15) is 5.15 Å². The first kappa shape index (κ1) is 9.78. The Hall–Kier alpha value is -0.760. The molecular formula is C11H15ClN2. The Morgan fingerprint density at radius 3 is 2.86 bits per heavy atom. The van der Waals surface area contributed by atoms with Gasteiger partial charge in [-0.2, -0.15) is 0 Å². The van der Waals surface area contributed by atoms with Gasteiger partial charge in [0.15, 0.2) is 0 Å². The molecule has 0 saturated heterocycles. The maximum Gasteiger partial charge on any atom is 0.131 e.